The zero-order valence-electron chi connectivity index (χ0n) is 11.1. The Hall–Kier alpha value is -2.32. The van der Waals surface area contributed by atoms with E-state index in [0.29, 0.717) is 13.0 Å². The van der Waals surface area contributed by atoms with Gasteiger partial charge in [0.1, 0.15) is 0 Å². The molecule has 0 unspecified atom stereocenters. The second kappa shape index (κ2) is 6.42. The fourth-order valence-corrected chi connectivity index (χ4v) is 2.19. The van der Waals surface area contributed by atoms with Crippen molar-refractivity contribution in [2.75, 3.05) is 6.54 Å². The molecular formula is C13H14N4O3S. The molecule has 0 saturated carbocycles. The number of amides is 1. The number of benzene rings is 1. The third-order valence-electron chi connectivity index (χ3n) is 2.76. The average molecular weight is 306 g/mol. The van der Waals surface area contributed by atoms with E-state index in [1.165, 1.54) is 18.3 Å². The van der Waals surface area contributed by atoms with E-state index in [1.807, 2.05) is 0 Å². The number of nitrogens with one attached hydrogen (secondary N) is 1. The van der Waals surface area contributed by atoms with Crippen LogP contribution in [-0.4, -0.2) is 31.1 Å². The van der Waals surface area contributed by atoms with Gasteiger partial charge in [-0.15, -0.1) is 5.10 Å². The van der Waals surface area contributed by atoms with Crippen LogP contribution in [0.4, 0.5) is 0 Å². The Kier molecular flexibility index (Phi) is 4.61. The van der Waals surface area contributed by atoms with Gasteiger partial charge >= 0.3 is 0 Å². The van der Waals surface area contributed by atoms with E-state index in [0.717, 1.165) is 5.56 Å². The molecule has 1 heterocycles. The Morgan fingerprint density at radius 1 is 1.19 bits per heavy atom. The summed E-state index contributed by atoms with van der Waals surface area (Å²) in [6.45, 7) is 0.407. The summed E-state index contributed by atoms with van der Waals surface area (Å²) < 4.78 is 22.2. The van der Waals surface area contributed by atoms with E-state index in [2.05, 4.69) is 15.5 Å². The van der Waals surface area contributed by atoms with E-state index in [-0.39, 0.29) is 16.5 Å². The number of hydrogen-bond acceptors (Lipinski definition) is 5. The molecule has 0 spiro atoms. The molecule has 3 N–H and O–H groups in total. The molecule has 21 heavy (non-hydrogen) atoms. The molecule has 1 amide bonds. The van der Waals surface area contributed by atoms with Crippen LogP contribution in [0.15, 0.2) is 47.5 Å². The zero-order chi connectivity index (χ0) is 15.3. The summed E-state index contributed by atoms with van der Waals surface area (Å²) in [6.07, 6.45) is 2.06. The molecule has 0 aliphatic heterocycles. The predicted octanol–water partition coefficient (Wildman–Crippen LogP) is 0.0965. The molecule has 2 rings (SSSR count). The SMILES string of the molecule is NS(=O)(=O)c1ccc(CCNC(=O)c2cccnn2)cc1. The lowest BCUT2D eigenvalue weighted by Crippen LogP contribution is -2.26. The monoisotopic (exact) mass is 306 g/mol. The fraction of sp³-hybridized carbons (Fsp3) is 0.154. The Morgan fingerprint density at radius 3 is 2.48 bits per heavy atom. The molecule has 0 saturated heterocycles. The van der Waals surface area contributed by atoms with Crippen LogP contribution in [0, 0.1) is 0 Å². The zero-order valence-corrected chi connectivity index (χ0v) is 11.9. The van der Waals surface area contributed by atoms with Crippen molar-refractivity contribution in [1.29, 1.82) is 0 Å². The van der Waals surface area contributed by atoms with Crippen LogP contribution in [0.25, 0.3) is 0 Å². The summed E-state index contributed by atoms with van der Waals surface area (Å²) >= 11 is 0. The number of primary sulfonamides is 1. The van der Waals surface area contributed by atoms with E-state index in [1.54, 1.807) is 24.3 Å². The second-order valence-electron chi connectivity index (χ2n) is 4.30. The lowest BCUT2D eigenvalue weighted by molar-refractivity contribution is 0.0948. The lowest BCUT2D eigenvalue weighted by Gasteiger charge is -2.05. The van der Waals surface area contributed by atoms with Crippen molar-refractivity contribution in [3.63, 3.8) is 0 Å². The highest BCUT2D eigenvalue weighted by Crippen LogP contribution is 2.08. The third kappa shape index (κ3) is 4.33. The largest absolute Gasteiger partial charge is 0.350 e. The van der Waals surface area contributed by atoms with Crippen molar-refractivity contribution in [3.05, 3.63) is 53.9 Å². The Morgan fingerprint density at radius 2 is 1.90 bits per heavy atom. The van der Waals surface area contributed by atoms with Gasteiger partial charge < -0.3 is 5.32 Å². The van der Waals surface area contributed by atoms with Crippen LogP contribution in [0.3, 0.4) is 0 Å². The fourth-order valence-electron chi connectivity index (χ4n) is 1.68. The number of hydrogen-bond donors (Lipinski definition) is 2. The number of carbonyl (C=O) groups excluding carboxylic acids is 1. The highest BCUT2D eigenvalue weighted by atomic mass is 32.2. The number of carbonyl (C=O) groups is 1. The highest BCUT2D eigenvalue weighted by Gasteiger charge is 2.08. The van der Waals surface area contributed by atoms with E-state index in [4.69, 9.17) is 5.14 Å². The molecule has 0 aliphatic rings. The van der Waals surface area contributed by atoms with Crippen molar-refractivity contribution in [2.45, 2.75) is 11.3 Å². The van der Waals surface area contributed by atoms with Gasteiger partial charge in [-0.05, 0) is 36.2 Å². The molecule has 8 heteroatoms. The first-order valence-electron chi connectivity index (χ1n) is 6.14. The number of rotatable bonds is 5. The van der Waals surface area contributed by atoms with Crippen molar-refractivity contribution < 1.29 is 13.2 Å². The molecule has 0 bridgehead atoms. The van der Waals surface area contributed by atoms with Gasteiger partial charge in [0.15, 0.2) is 5.69 Å². The van der Waals surface area contributed by atoms with Gasteiger partial charge in [-0.3, -0.25) is 4.79 Å². The van der Waals surface area contributed by atoms with E-state index in [9.17, 15) is 13.2 Å². The summed E-state index contributed by atoms with van der Waals surface area (Å²) in [4.78, 5) is 11.8. The second-order valence-corrected chi connectivity index (χ2v) is 5.87. The number of aromatic nitrogens is 2. The molecule has 1 aromatic heterocycles. The van der Waals surface area contributed by atoms with Crippen LogP contribution >= 0.6 is 0 Å². The van der Waals surface area contributed by atoms with Crippen LogP contribution in [0.5, 0.6) is 0 Å². The Bertz CT molecular complexity index is 715. The van der Waals surface area contributed by atoms with Gasteiger partial charge in [0.05, 0.1) is 4.90 Å². The average Bonchev–Trinajstić information content (AvgIpc) is 2.47. The molecule has 0 atom stereocenters. The summed E-state index contributed by atoms with van der Waals surface area (Å²) in [6, 6.07) is 9.41. The van der Waals surface area contributed by atoms with E-state index >= 15 is 0 Å². The quantitative estimate of drug-likeness (QED) is 0.812. The van der Waals surface area contributed by atoms with Gasteiger partial charge in [0.2, 0.25) is 10.0 Å². The first kappa shape index (κ1) is 15.1. The third-order valence-corrected chi connectivity index (χ3v) is 3.69. The van der Waals surface area contributed by atoms with Gasteiger partial charge in [-0.1, -0.05) is 12.1 Å². The number of sulfonamides is 1. The topological polar surface area (TPSA) is 115 Å². The lowest BCUT2D eigenvalue weighted by atomic mass is 10.1. The predicted molar refractivity (Wildman–Crippen MR) is 75.9 cm³/mol. The molecule has 2 aromatic rings. The van der Waals surface area contributed by atoms with Gasteiger partial charge in [0, 0.05) is 12.7 Å². The summed E-state index contributed by atoms with van der Waals surface area (Å²) in [5, 5.41) is 15.0. The first-order valence-corrected chi connectivity index (χ1v) is 7.69. The minimum atomic E-state index is -3.67. The Labute approximate surface area is 122 Å². The van der Waals surface area contributed by atoms with Crippen LogP contribution in [-0.2, 0) is 16.4 Å². The normalized spacial score (nSPS) is 11.1. The molecule has 0 aliphatic carbocycles. The van der Waals surface area contributed by atoms with Gasteiger partial charge in [-0.25, -0.2) is 13.6 Å². The van der Waals surface area contributed by atoms with Gasteiger partial charge in [0.25, 0.3) is 5.91 Å². The summed E-state index contributed by atoms with van der Waals surface area (Å²) in [5.74, 6) is -0.302. The highest BCUT2D eigenvalue weighted by molar-refractivity contribution is 7.89. The maximum atomic E-state index is 11.7. The Balaban J connectivity index is 1.88. The van der Waals surface area contributed by atoms with Crippen LogP contribution < -0.4 is 10.5 Å². The molecule has 7 nitrogen and oxygen atoms in total. The molecular weight excluding hydrogens is 292 g/mol. The first-order chi connectivity index (χ1) is 9.97. The van der Waals surface area contributed by atoms with Crippen LogP contribution in [0.1, 0.15) is 16.1 Å². The molecule has 110 valence electrons. The van der Waals surface area contributed by atoms with Crippen molar-refractivity contribution in [1.82, 2.24) is 15.5 Å². The minimum Gasteiger partial charge on any atom is -0.350 e. The minimum absolute atomic E-state index is 0.0647. The van der Waals surface area contributed by atoms with E-state index < -0.39 is 10.0 Å². The van der Waals surface area contributed by atoms with Gasteiger partial charge in [-0.2, -0.15) is 5.10 Å². The van der Waals surface area contributed by atoms with Crippen LogP contribution in [0.2, 0.25) is 0 Å². The van der Waals surface area contributed by atoms with Crippen molar-refractivity contribution in [2.24, 2.45) is 5.14 Å². The summed E-state index contributed by atoms with van der Waals surface area (Å²) in [7, 11) is -3.67. The maximum absolute atomic E-state index is 11.7. The number of nitrogens with zero attached hydrogens (tertiary/aromatic N) is 2. The molecule has 1 aromatic carbocycles. The standard InChI is InChI=1S/C13H14N4O3S/c14-21(19,20)11-5-3-10(4-6-11)7-9-15-13(18)12-2-1-8-16-17-12/h1-6,8H,7,9H2,(H,15,18)(H2,14,19,20). The van der Waals surface area contributed by atoms with Crippen molar-refractivity contribution >= 4 is 15.9 Å². The molecule has 0 radical (unpaired) electrons. The molecule has 0 fully saturated rings. The summed E-state index contributed by atoms with van der Waals surface area (Å²) in [5.41, 5.74) is 1.14. The maximum Gasteiger partial charge on any atom is 0.271 e. The number of nitrogens with two attached hydrogens (primary N) is 1. The van der Waals surface area contributed by atoms with Crippen molar-refractivity contribution in [3.8, 4) is 0 Å². The smallest absolute Gasteiger partial charge is 0.271 e.